The Kier molecular flexibility index (Phi) is 3.56. The van der Waals surface area contributed by atoms with E-state index in [9.17, 15) is 9.50 Å². The van der Waals surface area contributed by atoms with Crippen molar-refractivity contribution in [1.82, 2.24) is 5.32 Å². The zero-order chi connectivity index (χ0) is 11.5. The van der Waals surface area contributed by atoms with Crippen LogP contribution in [0.1, 0.15) is 37.8 Å². The van der Waals surface area contributed by atoms with Gasteiger partial charge >= 0.3 is 0 Å². The van der Waals surface area contributed by atoms with Gasteiger partial charge in [0.15, 0.2) is 0 Å². The second-order valence-corrected chi connectivity index (χ2v) is 4.55. The molecule has 1 aromatic rings. The van der Waals surface area contributed by atoms with E-state index in [1.807, 2.05) is 13.0 Å². The highest BCUT2D eigenvalue weighted by Crippen LogP contribution is 2.22. The molecule has 2 N–H and O–H groups in total. The summed E-state index contributed by atoms with van der Waals surface area (Å²) in [6, 6.07) is 6.84. The third-order valence-corrected chi connectivity index (χ3v) is 3.29. The molecule has 3 atom stereocenters. The van der Waals surface area contributed by atoms with Crippen LogP contribution in [0, 0.1) is 5.82 Å². The third-order valence-electron chi connectivity index (χ3n) is 3.29. The maximum Gasteiger partial charge on any atom is 0.123 e. The average Bonchev–Trinajstić information content (AvgIpc) is 2.64. The monoisotopic (exact) mass is 223 g/mol. The van der Waals surface area contributed by atoms with Crippen molar-refractivity contribution >= 4 is 0 Å². The molecular weight excluding hydrogens is 205 g/mol. The summed E-state index contributed by atoms with van der Waals surface area (Å²) in [5.74, 6) is -0.210. The molecule has 0 bridgehead atoms. The van der Waals surface area contributed by atoms with E-state index in [1.54, 1.807) is 12.1 Å². The van der Waals surface area contributed by atoms with Crippen molar-refractivity contribution in [2.45, 2.75) is 44.4 Å². The summed E-state index contributed by atoms with van der Waals surface area (Å²) in [6.45, 7) is 2.00. The van der Waals surface area contributed by atoms with Crippen LogP contribution >= 0.6 is 0 Å². The lowest BCUT2D eigenvalue weighted by Gasteiger charge is -2.22. The molecule has 0 aromatic heterocycles. The number of hydrogen-bond acceptors (Lipinski definition) is 2. The molecule has 88 valence electrons. The minimum absolute atomic E-state index is 0.0773. The van der Waals surface area contributed by atoms with Crippen LogP contribution in [0.15, 0.2) is 24.3 Å². The molecule has 1 unspecified atom stereocenters. The summed E-state index contributed by atoms with van der Waals surface area (Å²) < 4.78 is 13.0. The zero-order valence-electron chi connectivity index (χ0n) is 9.49. The summed E-state index contributed by atoms with van der Waals surface area (Å²) in [5.41, 5.74) is 0.930. The minimum atomic E-state index is -0.254. The van der Waals surface area contributed by atoms with E-state index in [-0.39, 0.29) is 24.0 Å². The fourth-order valence-corrected chi connectivity index (χ4v) is 2.33. The van der Waals surface area contributed by atoms with Crippen molar-refractivity contribution in [3.05, 3.63) is 35.6 Å². The van der Waals surface area contributed by atoms with Crippen molar-refractivity contribution in [2.75, 3.05) is 0 Å². The predicted molar refractivity (Wildman–Crippen MR) is 61.6 cm³/mol. The second-order valence-electron chi connectivity index (χ2n) is 4.55. The fraction of sp³-hybridized carbons (Fsp3) is 0.538. The van der Waals surface area contributed by atoms with Crippen molar-refractivity contribution < 1.29 is 9.50 Å². The molecule has 0 heterocycles. The molecule has 1 saturated carbocycles. The Morgan fingerprint density at radius 1 is 1.44 bits per heavy atom. The first-order chi connectivity index (χ1) is 7.66. The van der Waals surface area contributed by atoms with E-state index in [1.165, 1.54) is 6.07 Å². The second kappa shape index (κ2) is 4.93. The van der Waals surface area contributed by atoms with Crippen molar-refractivity contribution in [3.63, 3.8) is 0 Å². The van der Waals surface area contributed by atoms with Crippen LogP contribution in [0.25, 0.3) is 0 Å². The molecule has 16 heavy (non-hydrogen) atoms. The molecule has 1 aromatic carbocycles. The van der Waals surface area contributed by atoms with E-state index < -0.39 is 0 Å². The Bertz CT molecular complexity index is 356. The van der Waals surface area contributed by atoms with Crippen LogP contribution in [-0.4, -0.2) is 17.3 Å². The number of benzene rings is 1. The van der Waals surface area contributed by atoms with E-state index in [2.05, 4.69) is 5.32 Å². The van der Waals surface area contributed by atoms with E-state index in [0.29, 0.717) is 0 Å². The van der Waals surface area contributed by atoms with Crippen LogP contribution in [0.4, 0.5) is 4.39 Å². The number of halogens is 1. The van der Waals surface area contributed by atoms with E-state index in [0.717, 1.165) is 24.8 Å². The summed E-state index contributed by atoms with van der Waals surface area (Å²) in [5, 5.41) is 13.1. The smallest absolute Gasteiger partial charge is 0.123 e. The van der Waals surface area contributed by atoms with Gasteiger partial charge in [-0.05, 0) is 43.9 Å². The van der Waals surface area contributed by atoms with Crippen LogP contribution in [0.2, 0.25) is 0 Å². The largest absolute Gasteiger partial charge is 0.392 e. The third kappa shape index (κ3) is 2.60. The lowest BCUT2D eigenvalue weighted by molar-refractivity contribution is 0.144. The molecule has 2 nitrogen and oxygen atoms in total. The highest BCUT2D eigenvalue weighted by Gasteiger charge is 2.26. The molecule has 2 rings (SSSR count). The Morgan fingerprint density at radius 2 is 2.25 bits per heavy atom. The van der Waals surface area contributed by atoms with Crippen LogP contribution < -0.4 is 5.32 Å². The predicted octanol–water partition coefficient (Wildman–Crippen LogP) is 2.39. The molecule has 3 heteroatoms. The Labute approximate surface area is 95.5 Å². The number of rotatable bonds is 3. The molecule has 0 spiro atoms. The van der Waals surface area contributed by atoms with Gasteiger partial charge in [-0.3, -0.25) is 0 Å². The van der Waals surface area contributed by atoms with Gasteiger partial charge in [0, 0.05) is 12.1 Å². The van der Waals surface area contributed by atoms with Crippen molar-refractivity contribution in [2.24, 2.45) is 0 Å². The number of aliphatic hydroxyl groups is 1. The van der Waals surface area contributed by atoms with Gasteiger partial charge in [-0.25, -0.2) is 4.39 Å². The summed E-state index contributed by atoms with van der Waals surface area (Å²) in [7, 11) is 0. The minimum Gasteiger partial charge on any atom is -0.392 e. The van der Waals surface area contributed by atoms with Crippen LogP contribution in [0.5, 0.6) is 0 Å². The average molecular weight is 223 g/mol. The fourth-order valence-electron chi connectivity index (χ4n) is 2.33. The van der Waals surface area contributed by atoms with Crippen molar-refractivity contribution in [1.29, 1.82) is 0 Å². The molecule has 1 fully saturated rings. The van der Waals surface area contributed by atoms with Gasteiger partial charge in [0.1, 0.15) is 5.82 Å². The van der Waals surface area contributed by atoms with E-state index in [4.69, 9.17) is 0 Å². The molecule has 0 saturated heterocycles. The summed E-state index contributed by atoms with van der Waals surface area (Å²) in [4.78, 5) is 0. The van der Waals surface area contributed by atoms with E-state index >= 15 is 0 Å². The van der Waals surface area contributed by atoms with Gasteiger partial charge in [-0.2, -0.15) is 0 Å². The van der Waals surface area contributed by atoms with Crippen LogP contribution in [0.3, 0.4) is 0 Å². The first-order valence-electron chi connectivity index (χ1n) is 5.86. The standard InChI is InChI=1S/C13H18FNO/c1-9(10-4-2-5-11(14)8-10)15-12-6-3-7-13(12)16/h2,4-5,8-9,12-13,15-16H,3,6-7H2,1H3/t9?,12-,13-/m1/s1. The Morgan fingerprint density at radius 3 is 2.88 bits per heavy atom. The first-order valence-corrected chi connectivity index (χ1v) is 5.86. The molecule has 0 aliphatic heterocycles. The number of aliphatic hydroxyl groups excluding tert-OH is 1. The van der Waals surface area contributed by atoms with Gasteiger partial charge in [0.25, 0.3) is 0 Å². The molecule has 0 radical (unpaired) electrons. The summed E-state index contributed by atoms with van der Waals surface area (Å²) in [6.07, 6.45) is 2.68. The number of hydrogen-bond donors (Lipinski definition) is 2. The highest BCUT2D eigenvalue weighted by molar-refractivity contribution is 5.19. The van der Waals surface area contributed by atoms with Crippen LogP contribution in [-0.2, 0) is 0 Å². The topological polar surface area (TPSA) is 32.3 Å². The molecule has 0 amide bonds. The van der Waals surface area contributed by atoms with Gasteiger partial charge in [-0.15, -0.1) is 0 Å². The molecule has 1 aliphatic rings. The lowest BCUT2D eigenvalue weighted by Crippen LogP contribution is -2.37. The zero-order valence-corrected chi connectivity index (χ0v) is 9.49. The number of nitrogens with one attached hydrogen (secondary N) is 1. The van der Waals surface area contributed by atoms with Gasteiger partial charge < -0.3 is 10.4 Å². The molecular formula is C13H18FNO. The highest BCUT2D eigenvalue weighted by atomic mass is 19.1. The van der Waals surface area contributed by atoms with Gasteiger partial charge in [0.2, 0.25) is 0 Å². The molecule has 1 aliphatic carbocycles. The Balaban J connectivity index is 1.99. The quantitative estimate of drug-likeness (QED) is 0.824. The van der Waals surface area contributed by atoms with Gasteiger partial charge in [-0.1, -0.05) is 12.1 Å². The summed E-state index contributed by atoms with van der Waals surface area (Å²) >= 11 is 0. The normalized spacial score (nSPS) is 26.9. The van der Waals surface area contributed by atoms with Crippen molar-refractivity contribution in [3.8, 4) is 0 Å². The maximum absolute atomic E-state index is 13.0. The Hall–Kier alpha value is -0.930. The lowest BCUT2D eigenvalue weighted by atomic mass is 10.1. The van der Waals surface area contributed by atoms with Gasteiger partial charge in [0.05, 0.1) is 6.10 Å². The maximum atomic E-state index is 13.0. The SMILES string of the molecule is CC(N[C@@H]1CCC[C@H]1O)c1cccc(F)c1. The first kappa shape index (κ1) is 11.6.